The second-order valence-electron chi connectivity index (χ2n) is 3.00. The van der Waals surface area contributed by atoms with Gasteiger partial charge in [-0.3, -0.25) is 10.8 Å². The van der Waals surface area contributed by atoms with E-state index in [1.807, 2.05) is 12.1 Å². The lowest BCUT2D eigenvalue weighted by Crippen LogP contribution is -2.10. The minimum absolute atomic E-state index is 0.0913. The van der Waals surface area contributed by atoms with Crippen molar-refractivity contribution in [2.24, 2.45) is 17.2 Å². The molecular formula is C10H17N5. The lowest BCUT2D eigenvalue weighted by atomic mass is 10.1. The van der Waals surface area contributed by atoms with Gasteiger partial charge < -0.3 is 17.2 Å². The summed E-state index contributed by atoms with van der Waals surface area (Å²) >= 11 is 0. The molecule has 0 bridgehead atoms. The number of rotatable bonds is 2. The number of benzene rings is 1. The molecule has 1 aromatic carbocycles. The Hall–Kier alpha value is -1.88. The number of hydrogen-bond acceptors (Lipinski definition) is 3. The Morgan fingerprint density at radius 3 is 1.80 bits per heavy atom. The normalized spacial score (nSPS) is 8.67. The zero-order valence-electron chi connectivity index (χ0n) is 8.75. The van der Waals surface area contributed by atoms with Gasteiger partial charge in [0.1, 0.15) is 5.84 Å². The fourth-order valence-electron chi connectivity index (χ4n) is 0.820. The summed E-state index contributed by atoms with van der Waals surface area (Å²) in [6.45, 7) is 2.05. The van der Waals surface area contributed by atoms with E-state index in [4.69, 9.17) is 28.0 Å². The summed E-state index contributed by atoms with van der Waals surface area (Å²) in [6.07, 6.45) is 0. The van der Waals surface area contributed by atoms with Crippen molar-refractivity contribution in [3.63, 3.8) is 0 Å². The standard InChI is InChI=1S/C8H11N3.C2H6N2/c9-5-6-1-3-7(4-2-6)8(10)11;1-2(3)4/h1-4H,5,9H2,(H3,10,11);1H3,(H3,3,4). The molecule has 0 radical (unpaired) electrons. The maximum absolute atomic E-state index is 7.11. The molecule has 8 N–H and O–H groups in total. The zero-order valence-corrected chi connectivity index (χ0v) is 8.75. The largest absolute Gasteiger partial charge is 0.388 e. The van der Waals surface area contributed by atoms with Gasteiger partial charge in [-0.1, -0.05) is 24.3 Å². The number of nitrogens with one attached hydrogen (secondary N) is 2. The fraction of sp³-hybridized carbons (Fsp3) is 0.200. The molecule has 0 aliphatic rings. The summed E-state index contributed by atoms with van der Waals surface area (Å²) < 4.78 is 0. The average Bonchev–Trinajstić information content (AvgIpc) is 2.17. The van der Waals surface area contributed by atoms with Crippen LogP contribution < -0.4 is 17.2 Å². The van der Waals surface area contributed by atoms with E-state index in [0.717, 1.165) is 11.1 Å². The molecule has 0 saturated carbocycles. The third kappa shape index (κ3) is 6.23. The predicted octanol–water partition coefficient (Wildman–Crippen LogP) is 0.372. The monoisotopic (exact) mass is 207 g/mol. The Morgan fingerprint density at radius 2 is 1.53 bits per heavy atom. The van der Waals surface area contributed by atoms with Crippen LogP contribution >= 0.6 is 0 Å². The number of nitrogen functional groups attached to an aromatic ring is 1. The SMILES string of the molecule is CC(=N)N.N=C(N)c1ccc(CN)cc1. The predicted molar refractivity (Wildman–Crippen MR) is 62.9 cm³/mol. The molecule has 0 amide bonds. The van der Waals surface area contributed by atoms with Crippen LogP contribution in [-0.2, 0) is 6.54 Å². The minimum Gasteiger partial charge on any atom is -0.388 e. The van der Waals surface area contributed by atoms with Crippen LogP contribution in [0.5, 0.6) is 0 Å². The van der Waals surface area contributed by atoms with E-state index >= 15 is 0 Å². The highest BCUT2D eigenvalue weighted by atomic mass is 14.7. The van der Waals surface area contributed by atoms with Crippen LogP contribution in [0.25, 0.3) is 0 Å². The van der Waals surface area contributed by atoms with Crippen LogP contribution in [0.3, 0.4) is 0 Å². The van der Waals surface area contributed by atoms with Crippen molar-refractivity contribution >= 4 is 11.7 Å². The van der Waals surface area contributed by atoms with Gasteiger partial charge in [-0.25, -0.2) is 0 Å². The molecule has 0 fully saturated rings. The molecule has 5 heteroatoms. The van der Waals surface area contributed by atoms with Crippen molar-refractivity contribution in [2.45, 2.75) is 13.5 Å². The maximum atomic E-state index is 7.11. The number of nitrogens with two attached hydrogens (primary N) is 3. The highest BCUT2D eigenvalue weighted by molar-refractivity contribution is 5.94. The average molecular weight is 207 g/mol. The molecule has 1 rings (SSSR count). The zero-order chi connectivity index (χ0) is 11.8. The fourth-order valence-corrected chi connectivity index (χ4v) is 0.820. The summed E-state index contributed by atoms with van der Waals surface area (Å²) in [4.78, 5) is 0. The number of amidine groups is 2. The molecule has 0 unspecified atom stereocenters. The van der Waals surface area contributed by atoms with Crippen LogP contribution in [0, 0.1) is 10.8 Å². The molecule has 15 heavy (non-hydrogen) atoms. The summed E-state index contributed by atoms with van der Waals surface area (Å²) in [5, 5.41) is 13.4. The van der Waals surface area contributed by atoms with E-state index < -0.39 is 0 Å². The maximum Gasteiger partial charge on any atom is 0.122 e. The molecule has 0 heterocycles. The highest BCUT2D eigenvalue weighted by Gasteiger charge is 1.94. The first-order valence-electron chi connectivity index (χ1n) is 4.41. The van der Waals surface area contributed by atoms with Crippen molar-refractivity contribution in [3.8, 4) is 0 Å². The van der Waals surface area contributed by atoms with Gasteiger partial charge >= 0.3 is 0 Å². The van der Waals surface area contributed by atoms with Crippen LogP contribution in [0.15, 0.2) is 24.3 Å². The van der Waals surface area contributed by atoms with Crippen molar-refractivity contribution in [1.29, 1.82) is 10.8 Å². The smallest absolute Gasteiger partial charge is 0.122 e. The summed E-state index contributed by atoms with van der Waals surface area (Å²) in [6, 6.07) is 7.34. The molecule has 82 valence electrons. The van der Waals surface area contributed by atoms with Gasteiger partial charge in [0.2, 0.25) is 0 Å². The Labute approximate surface area is 89.3 Å². The highest BCUT2D eigenvalue weighted by Crippen LogP contribution is 2.01. The Balaban J connectivity index is 0.000000423. The van der Waals surface area contributed by atoms with Crippen LogP contribution in [0.4, 0.5) is 0 Å². The molecular weight excluding hydrogens is 190 g/mol. The first-order chi connectivity index (χ1) is 6.97. The van der Waals surface area contributed by atoms with Crippen LogP contribution in [0.1, 0.15) is 18.1 Å². The quantitative estimate of drug-likeness (QED) is 0.355. The van der Waals surface area contributed by atoms with Crippen molar-refractivity contribution in [1.82, 2.24) is 0 Å². The Bertz CT molecular complexity index is 324. The third-order valence-corrected chi connectivity index (χ3v) is 1.50. The van der Waals surface area contributed by atoms with Gasteiger partial charge in [-0.15, -0.1) is 0 Å². The van der Waals surface area contributed by atoms with E-state index in [1.54, 1.807) is 12.1 Å². The van der Waals surface area contributed by atoms with E-state index in [9.17, 15) is 0 Å². The molecule has 0 aliphatic carbocycles. The lowest BCUT2D eigenvalue weighted by Gasteiger charge is -1.98. The summed E-state index contributed by atoms with van der Waals surface area (Å²) in [5.74, 6) is 0.258. The molecule has 0 saturated heterocycles. The molecule has 1 aromatic rings. The molecule has 0 spiro atoms. The second-order valence-corrected chi connectivity index (χ2v) is 3.00. The van der Waals surface area contributed by atoms with Gasteiger partial charge in [0, 0.05) is 12.1 Å². The van der Waals surface area contributed by atoms with E-state index in [0.29, 0.717) is 6.54 Å². The summed E-state index contributed by atoms with van der Waals surface area (Å²) in [7, 11) is 0. The lowest BCUT2D eigenvalue weighted by molar-refractivity contribution is 1.07. The summed E-state index contributed by atoms with van der Waals surface area (Å²) in [5.41, 5.74) is 17.1. The molecule has 0 aromatic heterocycles. The van der Waals surface area contributed by atoms with Crippen LogP contribution in [0.2, 0.25) is 0 Å². The third-order valence-electron chi connectivity index (χ3n) is 1.50. The van der Waals surface area contributed by atoms with Gasteiger partial charge in [0.05, 0.1) is 5.84 Å². The van der Waals surface area contributed by atoms with Crippen molar-refractivity contribution in [3.05, 3.63) is 35.4 Å². The van der Waals surface area contributed by atoms with Gasteiger partial charge in [-0.05, 0) is 12.5 Å². The van der Waals surface area contributed by atoms with Gasteiger partial charge in [0.15, 0.2) is 0 Å². The minimum atomic E-state index is 0.0913. The first-order valence-corrected chi connectivity index (χ1v) is 4.41. The molecule has 0 atom stereocenters. The van der Waals surface area contributed by atoms with Gasteiger partial charge in [-0.2, -0.15) is 0 Å². The van der Waals surface area contributed by atoms with Crippen molar-refractivity contribution < 1.29 is 0 Å². The van der Waals surface area contributed by atoms with E-state index in [1.165, 1.54) is 6.92 Å². The molecule has 0 aliphatic heterocycles. The van der Waals surface area contributed by atoms with E-state index in [2.05, 4.69) is 0 Å². The molecule has 5 nitrogen and oxygen atoms in total. The van der Waals surface area contributed by atoms with Crippen LogP contribution in [-0.4, -0.2) is 11.7 Å². The van der Waals surface area contributed by atoms with Crippen molar-refractivity contribution in [2.75, 3.05) is 0 Å². The second kappa shape index (κ2) is 6.56. The number of hydrogen-bond donors (Lipinski definition) is 5. The Kier molecular flexibility index (Phi) is 5.73. The van der Waals surface area contributed by atoms with Gasteiger partial charge in [0.25, 0.3) is 0 Å². The Morgan fingerprint density at radius 1 is 1.13 bits per heavy atom. The topological polar surface area (TPSA) is 126 Å². The first kappa shape index (κ1) is 13.1. The van der Waals surface area contributed by atoms with E-state index in [-0.39, 0.29) is 11.7 Å².